The summed E-state index contributed by atoms with van der Waals surface area (Å²) >= 11 is 0. The number of rotatable bonds is 4. The van der Waals surface area contributed by atoms with E-state index in [9.17, 15) is 9.59 Å². The fourth-order valence-corrected chi connectivity index (χ4v) is 4.12. The molecule has 2 aromatic rings. The third-order valence-electron chi connectivity index (χ3n) is 5.94. The lowest BCUT2D eigenvalue weighted by molar-refractivity contribution is 0.0625. The number of hydrogen-bond donors (Lipinski definition) is 1. The van der Waals surface area contributed by atoms with E-state index in [1.54, 1.807) is 0 Å². The molecule has 4 rings (SSSR count). The normalized spacial score (nSPS) is 17.1. The first-order valence-corrected chi connectivity index (χ1v) is 10.6. The van der Waals surface area contributed by atoms with Crippen molar-refractivity contribution in [3.63, 3.8) is 0 Å². The summed E-state index contributed by atoms with van der Waals surface area (Å²) in [5.41, 5.74) is 3.15. The molecule has 1 N–H and O–H groups in total. The highest BCUT2D eigenvalue weighted by Gasteiger charge is 2.31. The van der Waals surface area contributed by atoms with Crippen LogP contribution in [0.5, 0.6) is 0 Å². The SMILES string of the molecule is CCN1CCN(C(=O)c2nc(C(=O)Nc3ccc(C)cc3)c3n2CCCC3)CC1. The highest BCUT2D eigenvalue weighted by molar-refractivity contribution is 6.05. The Balaban J connectivity index is 1.57. The summed E-state index contributed by atoms with van der Waals surface area (Å²) in [4.78, 5) is 34.9. The fourth-order valence-electron chi connectivity index (χ4n) is 4.12. The lowest BCUT2D eigenvalue weighted by Gasteiger charge is -2.34. The number of carbonyl (C=O) groups excluding carboxylic acids is 2. The summed E-state index contributed by atoms with van der Waals surface area (Å²) in [6, 6.07) is 7.69. The molecule has 0 unspecified atom stereocenters. The van der Waals surface area contributed by atoms with Crippen molar-refractivity contribution < 1.29 is 9.59 Å². The van der Waals surface area contributed by atoms with Crippen molar-refractivity contribution in [2.45, 2.75) is 39.7 Å². The van der Waals surface area contributed by atoms with Crippen LogP contribution in [0.1, 0.15) is 52.1 Å². The van der Waals surface area contributed by atoms with Crippen LogP contribution in [-0.4, -0.2) is 63.9 Å². The fraction of sp³-hybridized carbons (Fsp3) is 0.500. The van der Waals surface area contributed by atoms with Gasteiger partial charge in [-0.25, -0.2) is 4.98 Å². The number of fused-ring (bicyclic) bond motifs is 1. The van der Waals surface area contributed by atoms with Gasteiger partial charge in [-0.05, 0) is 44.9 Å². The second-order valence-corrected chi connectivity index (χ2v) is 7.89. The molecule has 0 atom stereocenters. The average molecular weight is 396 g/mol. The quantitative estimate of drug-likeness (QED) is 0.864. The minimum atomic E-state index is -0.241. The van der Waals surface area contributed by atoms with Crippen molar-refractivity contribution in [1.29, 1.82) is 0 Å². The number of benzene rings is 1. The van der Waals surface area contributed by atoms with Gasteiger partial charge in [-0.15, -0.1) is 0 Å². The van der Waals surface area contributed by atoms with Crippen molar-refractivity contribution in [2.24, 2.45) is 0 Å². The molecule has 7 heteroatoms. The zero-order valence-corrected chi connectivity index (χ0v) is 17.3. The molecule has 0 bridgehead atoms. The van der Waals surface area contributed by atoms with Gasteiger partial charge in [0.25, 0.3) is 11.8 Å². The molecule has 1 aromatic heterocycles. The molecule has 3 heterocycles. The van der Waals surface area contributed by atoms with Gasteiger partial charge in [0.15, 0.2) is 11.5 Å². The molecular weight excluding hydrogens is 366 g/mol. The Bertz CT molecular complexity index is 895. The maximum atomic E-state index is 13.2. The Labute approximate surface area is 171 Å². The van der Waals surface area contributed by atoms with Crippen LogP contribution in [0.3, 0.4) is 0 Å². The summed E-state index contributed by atoms with van der Waals surface area (Å²) in [7, 11) is 0. The zero-order chi connectivity index (χ0) is 20.4. The monoisotopic (exact) mass is 395 g/mol. The highest BCUT2D eigenvalue weighted by Crippen LogP contribution is 2.23. The predicted molar refractivity (Wildman–Crippen MR) is 112 cm³/mol. The number of nitrogens with one attached hydrogen (secondary N) is 1. The molecular formula is C22H29N5O2. The van der Waals surface area contributed by atoms with Gasteiger partial charge in [0, 0.05) is 38.4 Å². The lowest BCUT2D eigenvalue weighted by atomic mass is 10.1. The summed E-state index contributed by atoms with van der Waals surface area (Å²) < 4.78 is 1.97. The van der Waals surface area contributed by atoms with Crippen LogP contribution < -0.4 is 5.32 Å². The molecule has 0 spiro atoms. The first kappa shape index (κ1) is 19.6. The summed E-state index contributed by atoms with van der Waals surface area (Å²) in [6.45, 7) is 9.09. The molecule has 2 amide bonds. The van der Waals surface area contributed by atoms with E-state index in [2.05, 4.69) is 22.1 Å². The molecule has 0 aliphatic carbocycles. The van der Waals surface area contributed by atoms with Crippen LogP contribution >= 0.6 is 0 Å². The van der Waals surface area contributed by atoms with Gasteiger partial charge in [0.1, 0.15) is 0 Å². The van der Waals surface area contributed by atoms with Gasteiger partial charge in [0.05, 0.1) is 5.69 Å². The summed E-state index contributed by atoms with van der Waals surface area (Å²) in [5.74, 6) is 0.117. The molecule has 29 heavy (non-hydrogen) atoms. The largest absolute Gasteiger partial charge is 0.333 e. The van der Waals surface area contributed by atoms with Crippen molar-refractivity contribution in [1.82, 2.24) is 19.4 Å². The Morgan fingerprint density at radius 3 is 2.45 bits per heavy atom. The first-order chi connectivity index (χ1) is 14.1. The molecule has 1 saturated heterocycles. The first-order valence-electron chi connectivity index (χ1n) is 10.6. The lowest BCUT2D eigenvalue weighted by Crippen LogP contribution is -2.49. The van der Waals surface area contributed by atoms with E-state index in [1.165, 1.54) is 0 Å². The van der Waals surface area contributed by atoms with E-state index in [0.717, 1.165) is 62.4 Å². The van der Waals surface area contributed by atoms with Gasteiger partial charge >= 0.3 is 0 Å². The van der Waals surface area contributed by atoms with E-state index in [4.69, 9.17) is 0 Å². The number of hydrogen-bond acceptors (Lipinski definition) is 4. The van der Waals surface area contributed by atoms with Crippen LogP contribution in [0.25, 0.3) is 0 Å². The third-order valence-corrected chi connectivity index (χ3v) is 5.94. The minimum absolute atomic E-state index is 0.0571. The maximum Gasteiger partial charge on any atom is 0.289 e. The van der Waals surface area contributed by atoms with Gasteiger partial charge < -0.3 is 19.7 Å². The molecule has 154 valence electrons. The molecule has 0 saturated carbocycles. The number of nitrogens with zero attached hydrogens (tertiary/aromatic N) is 4. The van der Waals surface area contributed by atoms with E-state index in [-0.39, 0.29) is 11.8 Å². The third kappa shape index (κ3) is 4.05. The number of anilines is 1. The van der Waals surface area contributed by atoms with Crippen LogP contribution in [0.2, 0.25) is 0 Å². The van der Waals surface area contributed by atoms with Crippen LogP contribution in [0.4, 0.5) is 5.69 Å². The number of carbonyl (C=O) groups is 2. The number of amides is 2. The number of piperazine rings is 1. The minimum Gasteiger partial charge on any atom is -0.333 e. The van der Waals surface area contributed by atoms with Crippen molar-refractivity contribution in [3.8, 4) is 0 Å². The van der Waals surface area contributed by atoms with E-state index < -0.39 is 0 Å². The van der Waals surface area contributed by atoms with Crippen molar-refractivity contribution >= 4 is 17.5 Å². The number of likely N-dealkylation sites (N-methyl/N-ethyl adjacent to an activating group) is 1. The van der Waals surface area contributed by atoms with Gasteiger partial charge in [-0.1, -0.05) is 24.6 Å². The molecule has 7 nitrogen and oxygen atoms in total. The maximum absolute atomic E-state index is 13.2. The highest BCUT2D eigenvalue weighted by atomic mass is 16.2. The van der Waals surface area contributed by atoms with E-state index in [1.807, 2.05) is 40.7 Å². The Kier molecular flexibility index (Phi) is 5.67. The topological polar surface area (TPSA) is 70.5 Å². The number of aryl methyl sites for hydroxylation is 1. The molecule has 0 radical (unpaired) electrons. The van der Waals surface area contributed by atoms with Crippen LogP contribution in [-0.2, 0) is 13.0 Å². The van der Waals surface area contributed by atoms with Gasteiger partial charge in [0.2, 0.25) is 0 Å². The van der Waals surface area contributed by atoms with Crippen molar-refractivity contribution in [3.05, 3.63) is 47.0 Å². The zero-order valence-electron chi connectivity index (χ0n) is 17.3. The van der Waals surface area contributed by atoms with Crippen LogP contribution in [0.15, 0.2) is 24.3 Å². The second-order valence-electron chi connectivity index (χ2n) is 7.89. The smallest absolute Gasteiger partial charge is 0.289 e. The number of imidazole rings is 1. The van der Waals surface area contributed by atoms with Crippen molar-refractivity contribution in [2.75, 3.05) is 38.0 Å². The molecule has 1 aromatic carbocycles. The summed E-state index contributed by atoms with van der Waals surface area (Å²) in [6.07, 6.45) is 2.80. The Hall–Kier alpha value is -2.67. The Morgan fingerprint density at radius 1 is 1.03 bits per heavy atom. The van der Waals surface area contributed by atoms with Gasteiger partial charge in [-0.3, -0.25) is 9.59 Å². The molecule has 2 aliphatic heterocycles. The van der Waals surface area contributed by atoms with Crippen LogP contribution in [0, 0.1) is 6.92 Å². The molecule has 1 fully saturated rings. The Morgan fingerprint density at radius 2 is 1.76 bits per heavy atom. The van der Waals surface area contributed by atoms with Gasteiger partial charge in [-0.2, -0.15) is 0 Å². The average Bonchev–Trinajstić information content (AvgIpc) is 3.15. The number of aromatic nitrogens is 2. The standard InChI is InChI=1S/C22H29N5O2/c1-3-25-12-14-26(15-13-25)22(29)20-24-19(18-6-4-5-11-27(18)20)21(28)23-17-9-7-16(2)8-10-17/h7-10H,3-6,11-15H2,1-2H3,(H,23,28). The summed E-state index contributed by atoms with van der Waals surface area (Å²) in [5, 5.41) is 2.93. The predicted octanol–water partition coefficient (Wildman–Crippen LogP) is 2.56. The van der Waals surface area contributed by atoms with E-state index >= 15 is 0 Å². The van der Waals surface area contributed by atoms with E-state index in [0.29, 0.717) is 24.6 Å². The molecule has 2 aliphatic rings. The second kappa shape index (κ2) is 8.37.